The summed E-state index contributed by atoms with van der Waals surface area (Å²) in [5.74, 6) is 6.07. The van der Waals surface area contributed by atoms with E-state index in [0.29, 0.717) is 19.6 Å². The van der Waals surface area contributed by atoms with E-state index in [0.717, 1.165) is 11.1 Å². The van der Waals surface area contributed by atoms with Crippen LogP contribution >= 0.6 is 23.4 Å². The van der Waals surface area contributed by atoms with Gasteiger partial charge < -0.3 is 35.4 Å². The summed E-state index contributed by atoms with van der Waals surface area (Å²) >= 11 is 7.61. The van der Waals surface area contributed by atoms with E-state index in [-0.39, 0.29) is 17.9 Å². The van der Waals surface area contributed by atoms with Crippen LogP contribution < -0.4 is 10.6 Å². The number of nitrogens with one attached hydrogen (secondary N) is 2. The average Bonchev–Trinajstić information content (AvgIpc) is 3.16. The normalized spacial score (nSPS) is 35.9. The average molecular weight is 537 g/mol. The third-order valence-corrected chi connectivity index (χ3v) is 7.97. The van der Waals surface area contributed by atoms with Crippen molar-refractivity contribution in [2.45, 2.75) is 66.8 Å². The van der Waals surface area contributed by atoms with Gasteiger partial charge in [0.1, 0.15) is 35.9 Å². The lowest BCUT2D eigenvalue weighted by Gasteiger charge is -2.44. The Morgan fingerprint density at radius 1 is 1.19 bits per heavy atom. The fourth-order valence-corrected chi connectivity index (χ4v) is 5.75. The van der Waals surface area contributed by atoms with E-state index in [9.17, 15) is 20.1 Å². The minimum Gasteiger partial charge on any atom is -0.388 e. The monoisotopic (exact) mass is 536 g/mol. The summed E-state index contributed by atoms with van der Waals surface area (Å²) in [4.78, 5) is 13.4. The second-order valence-corrected chi connectivity index (χ2v) is 11.0. The minimum atomic E-state index is -1.42. The van der Waals surface area contributed by atoms with Gasteiger partial charge in [-0.25, -0.2) is 0 Å². The number of ether oxygens (including phenoxy) is 2. The first-order valence-corrected chi connectivity index (χ1v) is 13.8. The van der Waals surface area contributed by atoms with Gasteiger partial charge in [-0.2, -0.15) is 0 Å². The lowest BCUT2D eigenvalue weighted by molar-refractivity contribution is -0.205. The molecule has 1 amide bonds. The molecule has 0 aromatic heterocycles. The molecule has 4 rings (SSSR count). The third-order valence-electron chi connectivity index (χ3n) is 6.84. The standard InChI is InChI=1S/C26H33ClN2O6S/c1-14(27)18(24-21(31)20(30)22(32)26(35-24)36-2)29-25(33)19-23-17(13-28-19)12-16(10-11-34-23)9-8-15-6-4-3-5-7-15/h3-7,12,14,17-24,26,28,30-32H,10-11,13H2,1-2H3,(H,29,33)/t14-,17-,18+,19-,20?,21?,22+,23+,24+,26?/m0/s1. The molecule has 196 valence electrons. The Labute approximate surface area is 220 Å². The molecule has 3 aliphatic rings. The molecule has 1 aromatic rings. The van der Waals surface area contributed by atoms with Gasteiger partial charge >= 0.3 is 0 Å². The molecule has 3 aliphatic heterocycles. The summed E-state index contributed by atoms with van der Waals surface area (Å²) in [6.45, 7) is 2.69. The Bertz CT molecular complexity index is 997. The van der Waals surface area contributed by atoms with Crippen molar-refractivity contribution >= 4 is 29.3 Å². The number of rotatable bonds is 5. The third kappa shape index (κ3) is 6.09. The van der Waals surface area contributed by atoms with Gasteiger partial charge in [0.2, 0.25) is 5.91 Å². The first-order valence-electron chi connectivity index (χ1n) is 12.1. The summed E-state index contributed by atoms with van der Waals surface area (Å²) in [6, 6.07) is 8.34. The fourth-order valence-electron chi connectivity index (χ4n) is 4.86. The van der Waals surface area contributed by atoms with Crippen LogP contribution in [0.5, 0.6) is 0 Å². The summed E-state index contributed by atoms with van der Waals surface area (Å²) in [6.07, 6.45) is -0.982. The van der Waals surface area contributed by atoms with Gasteiger partial charge in [-0.05, 0) is 25.3 Å². The van der Waals surface area contributed by atoms with Crippen LogP contribution in [0.25, 0.3) is 0 Å². The molecule has 0 bridgehead atoms. The molecule has 0 saturated carbocycles. The summed E-state index contributed by atoms with van der Waals surface area (Å²) in [7, 11) is 0. The largest absolute Gasteiger partial charge is 0.388 e. The van der Waals surface area contributed by atoms with Crippen molar-refractivity contribution in [1.29, 1.82) is 0 Å². The summed E-state index contributed by atoms with van der Waals surface area (Å²) < 4.78 is 11.9. The predicted octanol–water partition coefficient (Wildman–Crippen LogP) is 0.624. The van der Waals surface area contributed by atoms with Crippen molar-refractivity contribution in [1.82, 2.24) is 10.6 Å². The Morgan fingerprint density at radius 2 is 1.94 bits per heavy atom. The maximum absolute atomic E-state index is 13.4. The summed E-state index contributed by atoms with van der Waals surface area (Å²) in [5.41, 5.74) is 1.16. The molecular formula is C26H33ClN2O6S. The highest BCUT2D eigenvalue weighted by Gasteiger charge is 2.49. The van der Waals surface area contributed by atoms with Crippen molar-refractivity contribution in [2.75, 3.05) is 19.4 Å². The molecule has 3 unspecified atom stereocenters. The van der Waals surface area contributed by atoms with E-state index >= 15 is 0 Å². The zero-order valence-electron chi connectivity index (χ0n) is 20.2. The molecule has 10 atom stereocenters. The van der Waals surface area contributed by atoms with Crippen LogP contribution in [0, 0.1) is 17.8 Å². The predicted molar refractivity (Wildman–Crippen MR) is 138 cm³/mol. The van der Waals surface area contributed by atoms with Crippen LogP contribution in [0.1, 0.15) is 18.9 Å². The molecule has 5 N–H and O–H groups in total. The Morgan fingerprint density at radius 3 is 2.64 bits per heavy atom. The Hall–Kier alpha value is -1.61. The smallest absolute Gasteiger partial charge is 0.240 e. The number of benzene rings is 1. The molecule has 2 saturated heterocycles. The highest BCUT2D eigenvalue weighted by atomic mass is 35.5. The maximum Gasteiger partial charge on any atom is 0.240 e. The topological polar surface area (TPSA) is 120 Å². The van der Waals surface area contributed by atoms with Gasteiger partial charge in [-0.1, -0.05) is 36.1 Å². The molecule has 36 heavy (non-hydrogen) atoms. The zero-order valence-corrected chi connectivity index (χ0v) is 21.8. The summed E-state index contributed by atoms with van der Waals surface area (Å²) in [5, 5.41) is 36.6. The molecule has 3 heterocycles. The van der Waals surface area contributed by atoms with Gasteiger partial charge in [0.25, 0.3) is 0 Å². The fraction of sp³-hybridized carbons (Fsp3) is 0.577. The van der Waals surface area contributed by atoms with E-state index < -0.39 is 47.3 Å². The van der Waals surface area contributed by atoms with E-state index in [1.807, 2.05) is 30.3 Å². The molecule has 10 heteroatoms. The number of aliphatic hydroxyl groups is 3. The van der Waals surface area contributed by atoms with Gasteiger partial charge in [0, 0.05) is 30.0 Å². The molecule has 0 radical (unpaired) electrons. The van der Waals surface area contributed by atoms with Crippen molar-refractivity contribution < 1.29 is 29.6 Å². The van der Waals surface area contributed by atoms with Gasteiger partial charge in [0.05, 0.1) is 24.1 Å². The number of hydrogen-bond acceptors (Lipinski definition) is 8. The number of alkyl halides is 1. The van der Waals surface area contributed by atoms with Crippen LogP contribution in [0.4, 0.5) is 0 Å². The van der Waals surface area contributed by atoms with E-state index in [2.05, 4.69) is 28.6 Å². The van der Waals surface area contributed by atoms with Gasteiger partial charge in [0.15, 0.2) is 0 Å². The van der Waals surface area contributed by atoms with Crippen LogP contribution in [-0.2, 0) is 14.3 Å². The number of hydrogen-bond donors (Lipinski definition) is 5. The SMILES string of the molecule is CSC1O[C@H]([C@H](NC(=O)[C@H]2NC[C@@H]3C=C(C#Cc4ccccc4)CCO[C@@H]23)[C@H](C)Cl)C(O)C(O)[C@H]1O. The van der Waals surface area contributed by atoms with E-state index in [1.54, 1.807) is 13.2 Å². The molecular weight excluding hydrogens is 504 g/mol. The van der Waals surface area contributed by atoms with Crippen molar-refractivity contribution in [2.24, 2.45) is 5.92 Å². The lowest BCUT2D eigenvalue weighted by Crippen LogP contribution is -2.65. The van der Waals surface area contributed by atoms with Crippen LogP contribution in [-0.4, -0.2) is 94.1 Å². The highest BCUT2D eigenvalue weighted by Crippen LogP contribution is 2.31. The van der Waals surface area contributed by atoms with Crippen LogP contribution in [0.2, 0.25) is 0 Å². The van der Waals surface area contributed by atoms with Crippen molar-refractivity contribution in [3.05, 3.63) is 47.5 Å². The first-order chi connectivity index (χ1) is 17.3. The van der Waals surface area contributed by atoms with Gasteiger partial charge in [-0.15, -0.1) is 23.4 Å². The maximum atomic E-state index is 13.4. The van der Waals surface area contributed by atoms with Crippen LogP contribution in [0.15, 0.2) is 42.0 Å². The first kappa shape index (κ1) is 27.4. The Balaban J connectivity index is 1.45. The quantitative estimate of drug-likeness (QED) is 0.274. The van der Waals surface area contributed by atoms with E-state index in [1.165, 1.54) is 11.8 Å². The lowest BCUT2D eigenvalue weighted by atomic mass is 9.92. The number of halogens is 1. The van der Waals surface area contributed by atoms with Crippen molar-refractivity contribution in [3.63, 3.8) is 0 Å². The second-order valence-electron chi connectivity index (χ2n) is 9.33. The highest BCUT2D eigenvalue weighted by molar-refractivity contribution is 7.99. The number of thioether (sulfide) groups is 1. The number of carbonyl (C=O) groups excluding carboxylic acids is 1. The molecule has 1 aromatic carbocycles. The van der Waals surface area contributed by atoms with Crippen molar-refractivity contribution in [3.8, 4) is 11.8 Å². The Kier molecular flexibility index (Phi) is 9.36. The zero-order chi connectivity index (χ0) is 25.8. The number of amides is 1. The number of carbonyl (C=O) groups is 1. The minimum absolute atomic E-state index is 0.0236. The molecule has 8 nitrogen and oxygen atoms in total. The number of fused-ring (bicyclic) bond motifs is 1. The second kappa shape index (κ2) is 12.3. The molecule has 2 fully saturated rings. The van der Waals surface area contributed by atoms with Crippen LogP contribution in [0.3, 0.4) is 0 Å². The number of aliphatic hydroxyl groups excluding tert-OH is 3. The molecule has 0 spiro atoms. The molecule has 0 aliphatic carbocycles. The van der Waals surface area contributed by atoms with Gasteiger partial charge in [-0.3, -0.25) is 4.79 Å². The van der Waals surface area contributed by atoms with E-state index in [4.69, 9.17) is 21.1 Å².